The number of ether oxygens (including phenoxy) is 2. The Morgan fingerprint density at radius 1 is 0.770 bits per heavy atom. The standard InChI is InChI=1S/C77H91NO9/c1-78-64-36-58-52(14-6-16-54(58)41-79)21-25-71-24-20-50(38-71)31-48-11-5-10-47(30-48)29-46-9-4-8-45(28-46)18-19-49-32-56-23-27-86-70-63-34-53-15-7-17-57(51-12-2-3-13-51)59(53)35-62-69(82)77(85)65(74(44-80,76(62,63)84)43-72(56,70)39-49)22-26-73(42-71)67-55(40-75(73,77)83)33-60(64)68-61(67)37-66(81)87-68/h4-11,14-16,23,27-28,30,37,44,49-51,53,55-57,59-60,62-65,67-70,78-79,82-85H,2-3,12-13,17-20,22,24,26,29,31-36,38-43H2,1H3/t49-,50+,53+,55-,56+,57-,59+,60+,62-,63-,64-,65+,67+,68-,69-,70+,71-,72+,73-,74-,75+,76-,77+/m0/s1. The molecule has 15 bridgehead atoms. The number of carbonyl (C=O) groups excluding carboxylic acids is 2. The number of carbonyl (C=O) groups is 2. The highest BCUT2D eigenvalue weighted by Gasteiger charge is 2.88. The lowest BCUT2D eigenvalue weighted by atomic mass is 9.32. The molecule has 0 amide bonds. The lowest BCUT2D eigenvalue weighted by Gasteiger charge is -2.75. The molecule has 9 saturated carbocycles. The van der Waals surface area contributed by atoms with Crippen molar-refractivity contribution in [3.05, 3.63) is 142 Å². The summed E-state index contributed by atoms with van der Waals surface area (Å²) in [6.07, 6.45) is 26.6. The Kier molecular flexibility index (Phi) is 13.0. The molecule has 10 heteroatoms. The first-order valence-corrected chi connectivity index (χ1v) is 34.5. The molecule has 9 fully saturated rings. The van der Waals surface area contributed by atoms with E-state index in [9.17, 15) is 15.0 Å². The molecule has 3 spiro atoms. The van der Waals surface area contributed by atoms with Gasteiger partial charge >= 0.3 is 5.97 Å². The van der Waals surface area contributed by atoms with E-state index in [4.69, 9.17) is 9.47 Å². The summed E-state index contributed by atoms with van der Waals surface area (Å²) in [5.74, 6) is 5.88. The van der Waals surface area contributed by atoms with Gasteiger partial charge < -0.3 is 45.1 Å². The minimum Gasteiger partial charge on any atom is -0.497 e. The van der Waals surface area contributed by atoms with E-state index in [1.165, 1.54) is 35.1 Å². The summed E-state index contributed by atoms with van der Waals surface area (Å²) in [5.41, 5.74) is -1.16. The van der Waals surface area contributed by atoms with Crippen LogP contribution in [0.2, 0.25) is 0 Å². The molecule has 3 aromatic rings. The van der Waals surface area contributed by atoms with Crippen molar-refractivity contribution in [1.29, 1.82) is 0 Å². The number of aldehydes is 1. The van der Waals surface area contributed by atoms with Crippen LogP contribution in [0.25, 0.3) is 0 Å². The monoisotopic (exact) mass is 1170 g/mol. The molecule has 0 saturated heterocycles. The van der Waals surface area contributed by atoms with Crippen molar-refractivity contribution < 1.29 is 44.6 Å². The van der Waals surface area contributed by atoms with Gasteiger partial charge in [0.05, 0.1) is 30.0 Å². The van der Waals surface area contributed by atoms with Gasteiger partial charge in [-0.2, -0.15) is 0 Å². The van der Waals surface area contributed by atoms with Gasteiger partial charge in [-0.1, -0.05) is 110 Å². The summed E-state index contributed by atoms with van der Waals surface area (Å²) in [4.78, 5) is 30.2. The molecule has 3 aromatic carbocycles. The number of aryl methyl sites for hydroxylation is 1. The average Bonchev–Trinajstić information content (AvgIpc) is 1.63. The first-order valence-electron chi connectivity index (χ1n) is 34.5. The van der Waals surface area contributed by atoms with Gasteiger partial charge in [-0.15, -0.1) is 0 Å². The molecule has 14 aliphatic carbocycles. The molecule has 16 aliphatic rings. The summed E-state index contributed by atoms with van der Waals surface area (Å²) in [6.45, 7) is -0.138. The van der Waals surface area contributed by atoms with E-state index < -0.39 is 80.4 Å². The number of esters is 1. The number of allylic oxidation sites excluding steroid dienone is 3. The Balaban J connectivity index is 0.905. The van der Waals surface area contributed by atoms with Crippen LogP contribution in [0.5, 0.6) is 0 Å². The van der Waals surface area contributed by atoms with Gasteiger partial charge in [0.15, 0.2) is 0 Å². The van der Waals surface area contributed by atoms with Crippen LogP contribution in [0.1, 0.15) is 161 Å². The first-order chi connectivity index (χ1) is 42.2. The average molecular weight is 1170 g/mol. The molecule has 87 heavy (non-hydrogen) atoms. The van der Waals surface area contributed by atoms with Crippen molar-refractivity contribution in [2.24, 2.45) is 98.6 Å². The van der Waals surface area contributed by atoms with Gasteiger partial charge in [-0.05, 0) is 233 Å². The highest BCUT2D eigenvalue weighted by molar-refractivity contribution is 5.86. The maximum atomic E-state index is 15.9. The highest BCUT2D eigenvalue weighted by Crippen LogP contribution is 2.81. The number of benzene rings is 3. The SMILES string of the molecule is CN[C@H]1Cc2c(cccc2CO)C#C[C@]23CC[C@H](Cc4cccc(c4)Cc4cccc(c4)CC[C@H]4C[C@H]5C=CO[C@@H]6[C@@H]7C[C@H]8C=CC[C@@H](C9CCCC9)[C@@H]8C[C@H]8[C@H](O)[C@]9(O)[C@H](CC[C@]%10(C2)[C@H]2C%11=CC(=O)O[C@H]%11[C@@H]1C[C@H]2C[C@@]%109O)[C@@](C=O)(C[C@]56C4)[C@@]78O)C3. The Morgan fingerprint density at radius 2 is 1.57 bits per heavy atom. The molecule has 10 nitrogen and oxygen atoms in total. The number of hydrogen-bond acceptors (Lipinski definition) is 10. The number of fused-ring (bicyclic) bond motifs is 5. The maximum Gasteiger partial charge on any atom is 0.331 e. The molecule has 0 unspecified atom stereocenters. The fourth-order valence-corrected chi connectivity index (χ4v) is 25.6. The highest BCUT2D eigenvalue weighted by atomic mass is 16.5. The molecule has 19 rings (SSSR count). The second-order valence-electron chi connectivity index (χ2n) is 31.9. The van der Waals surface area contributed by atoms with E-state index >= 15 is 20.1 Å². The Hall–Kier alpha value is -4.86. The lowest BCUT2D eigenvalue weighted by molar-refractivity contribution is -0.386. The van der Waals surface area contributed by atoms with Crippen molar-refractivity contribution in [1.82, 2.24) is 5.32 Å². The summed E-state index contributed by atoms with van der Waals surface area (Å²) in [7, 11) is 1.97. The molecule has 458 valence electrons. The van der Waals surface area contributed by atoms with Crippen LogP contribution in [0.4, 0.5) is 0 Å². The molecule has 23 atom stereocenters. The summed E-state index contributed by atoms with van der Waals surface area (Å²) in [5, 5.41) is 75.6. The largest absolute Gasteiger partial charge is 0.497 e. The second kappa shape index (κ2) is 20.1. The van der Waals surface area contributed by atoms with Crippen LogP contribution in [0, 0.1) is 110 Å². The fourth-order valence-electron chi connectivity index (χ4n) is 25.6. The summed E-state index contributed by atoms with van der Waals surface area (Å²) in [6, 6.07) is 24.2. The third-order valence-electron chi connectivity index (χ3n) is 28.6. The predicted octanol–water partition coefficient (Wildman–Crippen LogP) is 10.6. The van der Waals surface area contributed by atoms with Crippen molar-refractivity contribution in [2.45, 2.75) is 195 Å². The van der Waals surface area contributed by atoms with E-state index in [0.29, 0.717) is 69.1 Å². The molecule has 2 aliphatic heterocycles. The van der Waals surface area contributed by atoms with Gasteiger partial charge in [-0.25, -0.2) is 4.79 Å². The van der Waals surface area contributed by atoms with E-state index in [1.807, 2.05) is 25.4 Å². The Morgan fingerprint density at radius 3 is 2.39 bits per heavy atom. The number of aliphatic hydroxyl groups excluding tert-OH is 2. The third-order valence-corrected chi connectivity index (χ3v) is 28.6. The molecule has 0 aromatic heterocycles. The quantitative estimate of drug-likeness (QED) is 0.0641. The number of hydrogen-bond donors (Lipinski definition) is 6. The molecular weight excluding hydrogens is 1080 g/mol. The summed E-state index contributed by atoms with van der Waals surface area (Å²) < 4.78 is 13.8. The number of nitrogens with one attached hydrogen (secondary N) is 1. The van der Waals surface area contributed by atoms with Crippen molar-refractivity contribution >= 4 is 12.3 Å². The molecule has 6 N–H and O–H groups in total. The second-order valence-corrected chi connectivity index (χ2v) is 31.9. The lowest BCUT2D eigenvalue weighted by Crippen LogP contribution is -2.86. The zero-order valence-corrected chi connectivity index (χ0v) is 51.0. The number of rotatable bonds is 4. The summed E-state index contributed by atoms with van der Waals surface area (Å²) >= 11 is 0. The Labute approximate surface area is 514 Å². The van der Waals surface area contributed by atoms with E-state index in [1.54, 1.807) is 6.08 Å². The topological polar surface area (TPSA) is 166 Å². The van der Waals surface area contributed by atoms with Gasteiger partial charge in [0.1, 0.15) is 29.7 Å². The van der Waals surface area contributed by atoms with Gasteiger partial charge in [0.2, 0.25) is 0 Å². The minimum absolute atomic E-state index is 0.0733. The smallest absolute Gasteiger partial charge is 0.331 e. The van der Waals surface area contributed by atoms with Crippen LogP contribution < -0.4 is 5.32 Å². The van der Waals surface area contributed by atoms with Crippen LogP contribution in [-0.2, 0) is 51.4 Å². The number of likely N-dealkylation sites (N-methyl/N-ethyl adjacent to an activating group) is 1. The molecule has 2 heterocycles. The van der Waals surface area contributed by atoms with Gasteiger partial charge in [-0.3, -0.25) is 0 Å². The van der Waals surface area contributed by atoms with Crippen molar-refractivity contribution in [3.8, 4) is 11.8 Å². The zero-order chi connectivity index (χ0) is 59.0. The predicted molar refractivity (Wildman–Crippen MR) is 330 cm³/mol. The van der Waals surface area contributed by atoms with Crippen LogP contribution in [0.3, 0.4) is 0 Å². The molecule has 0 radical (unpaired) electrons. The van der Waals surface area contributed by atoms with Crippen molar-refractivity contribution in [3.63, 3.8) is 0 Å². The van der Waals surface area contributed by atoms with Crippen LogP contribution >= 0.6 is 0 Å². The van der Waals surface area contributed by atoms with E-state index in [-0.39, 0.29) is 60.5 Å². The van der Waals surface area contributed by atoms with Crippen molar-refractivity contribution in [2.75, 3.05) is 7.05 Å². The van der Waals surface area contributed by atoms with E-state index in [0.717, 1.165) is 106 Å². The first kappa shape index (κ1) is 56.1. The Bertz CT molecular complexity index is 3460. The zero-order valence-electron chi connectivity index (χ0n) is 51.0. The third kappa shape index (κ3) is 7.75. The van der Waals surface area contributed by atoms with Gasteiger partial charge in [0.25, 0.3) is 0 Å². The van der Waals surface area contributed by atoms with E-state index in [2.05, 4.69) is 90.0 Å². The van der Waals surface area contributed by atoms with Crippen LogP contribution in [0.15, 0.2) is 103 Å². The minimum atomic E-state index is -2.26. The maximum absolute atomic E-state index is 15.9. The number of aliphatic hydroxyl groups is 5. The normalized spacial score (nSPS) is 47.7. The molecular formula is C77H91NO9. The van der Waals surface area contributed by atoms with Gasteiger partial charge in [0, 0.05) is 57.6 Å². The van der Waals surface area contributed by atoms with Crippen LogP contribution in [-0.4, -0.2) is 86.0 Å². The fraction of sp³-hybridized carbons (Fsp3) is 0.636.